The van der Waals surface area contributed by atoms with Crippen molar-refractivity contribution in [2.45, 2.75) is 65.3 Å². The number of carbonyl (C=O) groups excluding carboxylic acids is 2. The Morgan fingerprint density at radius 2 is 1.72 bits per heavy atom. The predicted molar refractivity (Wildman–Crippen MR) is 140 cm³/mol. The summed E-state index contributed by atoms with van der Waals surface area (Å²) in [7, 11) is 1.45. The molecule has 0 bridgehead atoms. The minimum Gasteiger partial charge on any atom is -0.507 e. The minimum atomic E-state index is -0.830. The van der Waals surface area contributed by atoms with E-state index in [-0.39, 0.29) is 28.2 Å². The number of benzene rings is 2. The third-order valence-electron chi connectivity index (χ3n) is 6.42. The molecule has 1 aliphatic heterocycles. The molecule has 1 atom stereocenters. The van der Waals surface area contributed by atoms with E-state index in [0.717, 1.165) is 24.8 Å². The van der Waals surface area contributed by atoms with Gasteiger partial charge < -0.3 is 24.6 Å². The molecule has 1 heterocycles. The van der Waals surface area contributed by atoms with Crippen molar-refractivity contribution in [1.29, 1.82) is 0 Å². The van der Waals surface area contributed by atoms with Gasteiger partial charge in [0.1, 0.15) is 11.5 Å². The molecule has 3 rings (SSSR count). The number of ether oxygens (including phenoxy) is 2. The summed E-state index contributed by atoms with van der Waals surface area (Å²) in [6, 6.07) is 9.23. The molecule has 1 aliphatic rings. The number of amides is 1. The molecule has 36 heavy (non-hydrogen) atoms. The van der Waals surface area contributed by atoms with Crippen LogP contribution in [0.5, 0.6) is 17.2 Å². The maximum absolute atomic E-state index is 13.3. The Labute approximate surface area is 213 Å². The van der Waals surface area contributed by atoms with Crippen LogP contribution in [0.4, 0.5) is 0 Å². The molecule has 7 heteroatoms. The van der Waals surface area contributed by atoms with Gasteiger partial charge in [0.05, 0.1) is 25.3 Å². The van der Waals surface area contributed by atoms with Crippen molar-refractivity contribution < 1.29 is 29.3 Å². The van der Waals surface area contributed by atoms with Crippen LogP contribution in [0.2, 0.25) is 0 Å². The van der Waals surface area contributed by atoms with Crippen molar-refractivity contribution in [3.05, 3.63) is 58.7 Å². The van der Waals surface area contributed by atoms with Gasteiger partial charge in [-0.15, -0.1) is 0 Å². The summed E-state index contributed by atoms with van der Waals surface area (Å²) in [5, 5.41) is 21.9. The zero-order valence-electron chi connectivity index (χ0n) is 22.1. The maximum atomic E-state index is 13.3. The van der Waals surface area contributed by atoms with Crippen LogP contribution >= 0.6 is 0 Å². The fourth-order valence-electron chi connectivity index (χ4n) is 4.57. The van der Waals surface area contributed by atoms with Crippen LogP contribution in [-0.2, 0) is 15.0 Å². The van der Waals surface area contributed by atoms with Gasteiger partial charge in [-0.1, -0.05) is 46.6 Å². The van der Waals surface area contributed by atoms with Crippen LogP contribution in [0.3, 0.4) is 0 Å². The van der Waals surface area contributed by atoms with Crippen molar-refractivity contribution >= 4 is 17.4 Å². The number of unbranched alkanes of at least 4 members (excludes halogenated alkanes) is 2. The third kappa shape index (κ3) is 5.35. The third-order valence-corrected chi connectivity index (χ3v) is 6.42. The topological polar surface area (TPSA) is 96.3 Å². The van der Waals surface area contributed by atoms with Gasteiger partial charge in [0.2, 0.25) is 0 Å². The molecule has 2 aromatic rings. The van der Waals surface area contributed by atoms with Crippen LogP contribution in [0.1, 0.15) is 76.6 Å². The van der Waals surface area contributed by atoms with E-state index in [9.17, 15) is 19.8 Å². The fourth-order valence-corrected chi connectivity index (χ4v) is 4.57. The maximum Gasteiger partial charge on any atom is 0.295 e. The molecule has 7 nitrogen and oxygen atoms in total. The van der Waals surface area contributed by atoms with E-state index in [0.29, 0.717) is 30.0 Å². The van der Waals surface area contributed by atoms with E-state index < -0.39 is 17.7 Å². The molecule has 0 aliphatic carbocycles. The Morgan fingerprint density at radius 3 is 2.31 bits per heavy atom. The van der Waals surface area contributed by atoms with Gasteiger partial charge in [-0.3, -0.25) is 9.59 Å². The summed E-state index contributed by atoms with van der Waals surface area (Å²) in [5.41, 5.74) is 1.55. The molecular weight excluding hydrogens is 458 g/mol. The highest BCUT2D eigenvalue weighted by Crippen LogP contribution is 2.43. The molecule has 2 N–H and O–H groups in total. The number of aliphatic hydroxyl groups is 1. The number of phenols is 1. The van der Waals surface area contributed by atoms with E-state index in [1.807, 2.05) is 33.8 Å². The number of likely N-dealkylation sites (tertiary alicyclic amines) is 1. The molecule has 0 radical (unpaired) electrons. The number of nitrogens with zero attached hydrogens (tertiary/aromatic N) is 1. The fraction of sp³-hybridized carbons (Fsp3) is 0.448. The molecule has 0 saturated carbocycles. The number of hydrogen-bond acceptors (Lipinski definition) is 6. The van der Waals surface area contributed by atoms with Crippen LogP contribution in [-0.4, -0.2) is 47.1 Å². The first kappa shape index (κ1) is 27.1. The number of methoxy groups -OCH3 is 1. The van der Waals surface area contributed by atoms with Crippen LogP contribution in [0, 0.1) is 0 Å². The van der Waals surface area contributed by atoms with Gasteiger partial charge >= 0.3 is 0 Å². The Morgan fingerprint density at radius 1 is 1.03 bits per heavy atom. The normalized spacial score (nSPS) is 17.5. The first-order valence-corrected chi connectivity index (χ1v) is 12.5. The number of Topliss-reactive ketones (excluding diaryl/α,β-unsaturated/α-hetero) is 1. The average molecular weight is 496 g/mol. The van der Waals surface area contributed by atoms with Crippen LogP contribution in [0.15, 0.2) is 42.0 Å². The number of hydrogen-bond donors (Lipinski definition) is 2. The molecule has 0 spiro atoms. The van der Waals surface area contributed by atoms with E-state index in [1.54, 1.807) is 24.3 Å². The Bertz CT molecular complexity index is 1160. The summed E-state index contributed by atoms with van der Waals surface area (Å²) in [5.74, 6) is -0.767. The summed E-state index contributed by atoms with van der Waals surface area (Å²) in [4.78, 5) is 27.9. The lowest BCUT2D eigenvalue weighted by atomic mass is 9.84. The van der Waals surface area contributed by atoms with Crippen molar-refractivity contribution in [3.8, 4) is 17.2 Å². The lowest BCUT2D eigenvalue weighted by molar-refractivity contribution is -0.139. The van der Waals surface area contributed by atoms with Crippen LogP contribution < -0.4 is 9.47 Å². The summed E-state index contributed by atoms with van der Waals surface area (Å²) in [6.07, 6.45) is 2.58. The highest BCUT2D eigenvalue weighted by molar-refractivity contribution is 6.46. The van der Waals surface area contributed by atoms with E-state index >= 15 is 0 Å². The van der Waals surface area contributed by atoms with Crippen molar-refractivity contribution in [2.24, 2.45) is 0 Å². The first-order chi connectivity index (χ1) is 17.0. The second-order valence-corrected chi connectivity index (χ2v) is 10.0. The monoisotopic (exact) mass is 495 g/mol. The van der Waals surface area contributed by atoms with Crippen molar-refractivity contribution in [2.75, 3.05) is 20.3 Å². The van der Waals surface area contributed by atoms with Gasteiger partial charge in [-0.05, 0) is 54.7 Å². The zero-order valence-corrected chi connectivity index (χ0v) is 22.1. The smallest absolute Gasteiger partial charge is 0.295 e. The van der Waals surface area contributed by atoms with Crippen molar-refractivity contribution in [3.63, 3.8) is 0 Å². The standard InChI is InChI=1S/C29H37NO6/c1-7-9-10-15-30-25(18-11-14-23(35-6)21(31)17-18)24(27(33)28(30)34)26(32)19-12-13-22(36-8-2)20(16-19)29(3,4)5/h11-14,16-17,25,31-32H,7-10,15H2,1-6H3/b26-24-. The molecule has 1 unspecified atom stereocenters. The molecule has 1 amide bonds. The molecule has 2 aromatic carbocycles. The number of ketones is 1. The van der Waals surface area contributed by atoms with Crippen LogP contribution in [0.25, 0.3) is 5.76 Å². The van der Waals surface area contributed by atoms with Crippen molar-refractivity contribution in [1.82, 2.24) is 4.90 Å². The highest BCUT2D eigenvalue weighted by atomic mass is 16.5. The Hall–Kier alpha value is -3.48. The molecule has 194 valence electrons. The summed E-state index contributed by atoms with van der Waals surface area (Å²) < 4.78 is 11.0. The first-order valence-electron chi connectivity index (χ1n) is 12.5. The summed E-state index contributed by atoms with van der Waals surface area (Å²) in [6.45, 7) is 11.0. The SMILES string of the molecule is CCCCCN1C(=O)C(=O)/C(=C(\O)c2ccc(OCC)c(C(C)(C)C)c2)C1c1ccc(OC)c(O)c1. The lowest BCUT2D eigenvalue weighted by Crippen LogP contribution is -2.30. The number of aromatic hydroxyl groups is 1. The molecule has 0 aromatic heterocycles. The zero-order chi connectivity index (χ0) is 26.6. The largest absolute Gasteiger partial charge is 0.507 e. The number of carbonyl (C=O) groups is 2. The van der Waals surface area contributed by atoms with E-state index in [2.05, 4.69) is 6.92 Å². The van der Waals surface area contributed by atoms with Gasteiger partial charge in [-0.2, -0.15) is 0 Å². The number of rotatable bonds is 9. The van der Waals surface area contributed by atoms with E-state index in [4.69, 9.17) is 9.47 Å². The van der Waals surface area contributed by atoms with E-state index in [1.165, 1.54) is 18.1 Å². The van der Waals surface area contributed by atoms with Gasteiger partial charge in [0.15, 0.2) is 11.5 Å². The number of phenolic OH excluding ortho intramolecular Hbond substituents is 1. The Balaban J connectivity index is 2.20. The predicted octanol–water partition coefficient (Wildman–Crippen LogP) is 5.71. The van der Waals surface area contributed by atoms with Gasteiger partial charge in [0.25, 0.3) is 11.7 Å². The average Bonchev–Trinajstić information content (AvgIpc) is 3.08. The quantitative estimate of drug-likeness (QED) is 0.200. The molecule has 1 fully saturated rings. The lowest BCUT2D eigenvalue weighted by Gasteiger charge is -2.26. The second kappa shape index (κ2) is 11.1. The highest BCUT2D eigenvalue weighted by Gasteiger charge is 2.46. The van der Waals surface area contributed by atoms with Gasteiger partial charge in [-0.25, -0.2) is 0 Å². The minimum absolute atomic E-state index is 0.00471. The Kier molecular flexibility index (Phi) is 8.33. The molecular formula is C29H37NO6. The summed E-state index contributed by atoms with van der Waals surface area (Å²) >= 11 is 0. The number of aliphatic hydroxyl groups excluding tert-OH is 1. The second-order valence-electron chi connectivity index (χ2n) is 10.0. The van der Waals surface area contributed by atoms with Gasteiger partial charge in [0, 0.05) is 17.7 Å². The molecule has 1 saturated heterocycles.